The van der Waals surface area contributed by atoms with Crippen LogP contribution in [-0.2, 0) is 35.4 Å². The van der Waals surface area contributed by atoms with Crippen molar-refractivity contribution in [3.05, 3.63) is 69.8 Å². The van der Waals surface area contributed by atoms with Crippen molar-refractivity contribution in [3.63, 3.8) is 0 Å². The number of aryl methyl sites for hydroxylation is 1. The Morgan fingerprint density at radius 2 is 1.80 bits per heavy atom. The average Bonchev–Trinajstić information content (AvgIpc) is 3.63. The van der Waals surface area contributed by atoms with Gasteiger partial charge in [0.15, 0.2) is 0 Å². The molecule has 1 aliphatic heterocycles. The number of nitrogens with zero attached hydrogens (tertiary/aromatic N) is 2. The van der Waals surface area contributed by atoms with Crippen LogP contribution in [0.4, 0.5) is 17.6 Å². The van der Waals surface area contributed by atoms with Crippen molar-refractivity contribution in [2.45, 2.75) is 96.3 Å². The number of nitrogens with one attached hydrogen (secondary N) is 1. The summed E-state index contributed by atoms with van der Waals surface area (Å²) >= 11 is 0. The molecule has 1 amide bonds. The maximum Gasteiger partial charge on any atom is 0.416 e. The highest BCUT2D eigenvalue weighted by Gasteiger charge is 2.42. The number of hydrogen-bond acceptors (Lipinski definition) is 4. The number of amides is 1. The van der Waals surface area contributed by atoms with Crippen LogP contribution in [-0.4, -0.2) is 41.8 Å². The first-order valence-corrected chi connectivity index (χ1v) is 14.8. The van der Waals surface area contributed by atoms with Gasteiger partial charge < -0.3 is 10.2 Å². The third-order valence-corrected chi connectivity index (χ3v) is 8.67. The highest BCUT2D eigenvalue weighted by Crippen LogP contribution is 2.41. The van der Waals surface area contributed by atoms with Gasteiger partial charge in [-0.3, -0.25) is 9.69 Å². The molecule has 5 nitrogen and oxygen atoms in total. The number of benzene rings is 2. The average molecular weight is 574 g/mol. The second kappa shape index (κ2) is 12.5. The summed E-state index contributed by atoms with van der Waals surface area (Å²) in [6.07, 6.45) is 0.601. The molecule has 1 saturated heterocycles. The Balaban J connectivity index is 1.17. The van der Waals surface area contributed by atoms with Crippen LogP contribution >= 0.6 is 0 Å². The lowest BCUT2D eigenvalue weighted by Crippen LogP contribution is -2.53. The van der Waals surface area contributed by atoms with Crippen molar-refractivity contribution in [1.82, 2.24) is 10.2 Å². The predicted molar refractivity (Wildman–Crippen MR) is 150 cm³/mol. The number of likely N-dealkylation sites (tertiary alicyclic amines) is 1. The van der Waals surface area contributed by atoms with E-state index in [-0.39, 0.29) is 30.4 Å². The van der Waals surface area contributed by atoms with Gasteiger partial charge in [0.1, 0.15) is 12.8 Å². The zero-order valence-corrected chi connectivity index (χ0v) is 23.8. The summed E-state index contributed by atoms with van der Waals surface area (Å²) in [4.78, 5) is 19.9. The van der Waals surface area contributed by atoms with Gasteiger partial charge in [-0.15, -0.1) is 0 Å². The molecule has 2 saturated carbocycles. The first-order chi connectivity index (χ1) is 19.6. The number of carbonyl (C=O) groups excluding carboxylic acids is 1. The Kier molecular flexibility index (Phi) is 9.02. The van der Waals surface area contributed by atoms with Crippen LogP contribution in [0.1, 0.15) is 91.7 Å². The van der Waals surface area contributed by atoms with Gasteiger partial charge in [0.25, 0.3) is 0 Å². The molecule has 1 heterocycles. The lowest BCUT2D eigenvalue weighted by molar-refractivity contribution is -0.138. The largest absolute Gasteiger partial charge is 0.416 e. The highest BCUT2D eigenvalue weighted by molar-refractivity contribution is 5.98. The molecule has 0 radical (unpaired) electrons. The molecular weight excluding hydrogens is 534 g/mol. The van der Waals surface area contributed by atoms with E-state index in [0.29, 0.717) is 36.3 Å². The van der Waals surface area contributed by atoms with Crippen LogP contribution in [0.15, 0.2) is 41.6 Å². The Morgan fingerprint density at radius 1 is 1.07 bits per heavy atom. The molecule has 3 aliphatic rings. The molecule has 3 fully saturated rings. The second-order valence-electron chi connectivity index (χ2n) is 11.8. The van der Waals surface area contributed by atoms with E-state index in [2.05, 4.69) is 34.4 Å². The molecule has 41 heavy (non-hydrogen) atoms. The number of hydrogen-bond donors (Lipinski definition) is 1. The van der Waals surface area contributed by atoms with Crippen LogP contribution in [0.3, 0.4) is 0 Å². The minimum Gasteiger partial charge on any atom is -0.391 e. The second-order valence-corrected chi connectivity index (χ2v) is 11.8. The van der Waals surface area contributed by atoms with Crippen molar-refractivity contribution in [2.75, 3.05) is 13.1 Å². The number of oxime groups is 1. The highest BCUT2D eigenvalue weighted by atomic mass is 19.4. The van der Waals surface area contributed by atoms with Crippen LogP contribution in [0.5, 0.6) is 0 Å². The van der Waals surface area contributed by atoms with E-state index in [1.165, 1.54) is 11.6 Å². The molecule has 222 valence electrons. The molecule has 0 aromatic heterocycles. The lowest BCUT2D eigenvalue weighted by atomic mass is 9.81. The summed E-state index contributed by atoms with van der Waals surface area (Å²) in [5.74, 6) is -0.181. The molecule has 9 heteroatoms. The molecule has 5 rings (SSSR count). The Labute approximate surface area is 239 Å². The van der Waals surface area contributed by atoms with Gasteiger partial charge in [0.05, 0.1) is 23.2 Å². The molecule has 0 bridgehead atoms. The van der Waals surface area contributed by atoms with Crippen LogP contribution in [0.25, 0.3) is 0 Å². The first kappa shape index (κ1) is 29.5. The van der Waals surface area contributed by atoms with Gasteiger partial charge >= 0.3 is 6.18 Å². The Bertz CT molecular complexity index is 1270. The number of rotatable bonds is 10. The summed E-state index contributed by atoms with van der Waals surface area (Å²) in [5, 5.41) is 6.97. The van der Waals surface area contributed by atoms with E-state index >= 15 is 0 Å². The van der Waals surface area contributed by atoms with E-state index in [1.807, 2.05) is 13.0 Å². The van der Waals surface area contributed by atoms with E-state index in [1.54, 1.807) is 12.1 Å². The fourth-order valence-corrected chi connectivity index (χ4v) is 6.02. The number of halogens is 4. The van der Waals surface area contributed by atoms with E-state index in [4.69, 9.17) is 4.84 Å². The molecule has 2 aromatic carbocycles. The molecule has 2 unspecified atom stereocenters. The minimum atomic E-state index is -4.40. The predicted octanol–water partition coefficient (Wildman–Crippen LogP) is 6.91. The van der Waals surface area contributed by atoms with E-state index in [0.717, 1.165) is 56.2 Å². The summed E-state index contributed by atoms with van der Waals surface area (Å²) in [5.41, 5.74) is 4.16. The summed E-state index contributed by atoms with van der Waals surface area (Å²) < 4.78 is 54.7. The molecule has 2 aromatic rings. The molecule has 2 atom stereocenters. The topological polar surface area (TPSA) is 53.9 Å². The number of alkyl halides is 4. The van der Waals surface area contributed by atoms with E-state index in [9.17, 15) is 22.4 Å². The lowest BCUT2D eigenvalue weighted by Gasteiger charge is -2.38. The zero-order valence-electron chi connectivity index (χ0n) is 23.8. The number of carbonyl (C=O) groups is 1. The van der Waals surface area contributed by atoms with Crippen molar-refractivity contribution in [1.29, 1.82) is 0 Å². The van der Waals surface area contributed by atoms with E-state index < -0.39 is 17.9 Å². The van der Waals surface area contributed by atoms with Crippen LogP contribution in [0, 0.1) is 5.92 Å². The van der Waals surface area contributed by atoms with Gasteiger partial charge in [-0.25, -0.2) is 4.39 Å². The van der Waals surface area contributed by atoms with Crippen molar-refractivity contribution in [2.24, 2.45) is 11.1 Å². The maximum absolute atomic E-state index is 13.9. The normalized spacial score (nSPS) is 22.3. The zero-order chi connectivity index (χ0) is 29.1. The van der Waals surface area contributed by atoms with Gasteiger partial charge in [-0.05, 0) is 72.1 Å². The maximum atomic E-state index is 13.9. The third-order valence-electron chi connectivity index (χ3n) is 8.67. The smallest absolute Gasteiger partial charge is 0.391 e. The first-order valence-electron chi connectivity index (χ1n) is 14.8. The molecule has 2 aliphatic carbocycles. The van der Waals surface area contributed by atoms with Crippen LogP contribution < -0.4 is 5.32 Å². The van der Waals surface area contributed by atoms with Gasteiger partial charge in [0, 0.05) is 26.1 Å². The molecule has 0 spiro atoms. The van der Waals surface area contributed by atoms with Crippen LogP contribution in [0.2, 0.25) is 0 Å². The van der Waals surface area contributed by atoms with Crippen molar-refractivity contribution >= 4 is 11.6 Å². The summed E-state index contributed by atoms with van der Waals surface area (Å²) in [6.45, 7) is 5.91. The van der Waals surface area contributed by atoms with Gasteiger partial charge in [-0.1, -0.05) is 55.6 Å². The summed E-state index contributed by atoms with van der Waals surface area (Å²) in [6, 6.07) is 10.4. The summed E-state index contributed by atoms with van der Waals surface area (Å²) in [7, 11) is 0. The quantitative estimate of drug-likeness (QED) is 0.191. The minimum absolute atomic E-state index is 0.0359. The Morgan fingerprint density at radius 3 is 2.46 bits per heavy atom. The molecule has 1 N–H and O–H groups in total. The van der Waals surface area contributed by atoms with Crippen molar-refractivity contribution in [3.8, 4) is 0 Å². The van der Waals surface area contributed by atoms with Gasteiger partial charge in [-0.2, -0.15) is 13.2 Å². The SMILES string of the molecule is CCc1cc(/C(C)=N/OCc2ccc(C3CCCCC3)c(C(F)(F)F)c2)ccc1CN1CC(C(=O)NC2CC2F)C1. The monoisotopic (exact) mass is 573 g/mol. The fourth-order valence-electron chi connectivity index (χ4n) is 6.02. The Hall–Kier alpha value is -2.94. The van der Waals surface area contributed by atoms with Gasteiger partial charge in [0.2, 0.25) is 5.91 Å². The fraction of sp³-hybridized carbons (Fsp3) is 0.562. The van der Waals surface area contributed by atoms with Crippen molar-refractivity contribution < 1.29 is 27.2 Å². The third kappa shape index (κ3) is 7.29. The standard InChI is InChI=1S/C32H39F4N3O2/c1-3-22-14-24(10-11-25(22)16-39-17-26(18-39)31(40)37-30-15-29(30)33)20(2)38-41-19-21-9-12-27(23-7-5-4-6-8-23)28(13-21)32(34,35)36/h9-14,23,26,29-30H,3-8,15-19H2,1-2H3,(H,37,40)/b38-20+. The molecular formula is C32H39F4N3O2.